The van der Waals surface area contributed by atoms with Crippen molar-refractivity contribution >= 4 is 17.6 Å². The minimum Gasteiger partial charge on any atom is -0.481 e. The molecule has 104 valence electrons. The van der Waals surface area contributed by atoms with Gasteiger partial charge < -0.3 is 10.4 Å². The van der Waals surface area contributed by atoms with E-state index in [1.807, 2.05) is 0 Å². The van der Waals surface area contributed by atoms with Crippen molar-refractivity contribution in [2.75, 3.05) is 5.32 Å². The summed E-state index contributed by atoms with van der Waals surface area (Å²) in [7, 11) is 0. The van der Waals surface area contributed by atoms with Crippen molar-refractivity contribution in [2.45, 2.75) is 13.8 Å². The molecule has 2 atom stereocenters. The van der Waals surface area contributed by atoms with Crippen LogP contribution in [0.4, 0.5) is 10.1 Å². The Morgan fingerprint density at radius 3 is 2.55 bits per heavy atom. The Kier molecular flexibility index (Phi) is 3.22. The second-order valence-electron chi connectivity index (χ2n) is 5.38. The van der Waals surface area contributed by atoms with Crippen molar-refractivity contribution in [1.29, 1.82) is 5.26 Å². The van der Waals surface area contributed by atoms with Gasteiger partial charge in [0, 0.05) is 0 Å². The van der Waals surface area contributed by atoms with Crippen LogP contribution in [-0.4, -0.2) is 17.0 Å². The number of halogens is 1. The first-order valence-electron chi connectivity index (χ1n) is 6.03. The molecular weight excluding hydrogens is 263 g/mol. The van der Waals surface area contributed by atoms with Gasteiger partial charge in [0.25, 0.3) is 0 Å². The van der Waals surface area contributed by atoms with Gasteiger partial charge in [0.2, 0.25) is 5.91 Å². The molecule has 1 amide bonds. The van der Waals surface area contributed by atoms with Crippen molar-refractivity contribution in [3.63, 3.8) is 0 Å². The topological polar surface area (TPSA) is 90.2 Å². The first-order chi connectivity index (χ1) is 9.30. The first kappa shape index (κ1) is 14.0. The Morgan fingerprint density at radius 1 is 1.40 bits per heavy atom. The number of benzene rings is 1. The lowest BCUT2D eigenvalue weighted by molar-refractivity contribution is -0.140. The number of carbonyl (C=O) groups excluding carboxylic acids is 1. The molecule has 1 saturated carbocycles. The van der Waals surface area contributed by atoms with Crippen LogP contribution >= 0.6 is 0 Å². The summed E-state index contributed by atoms with van der Waals surface area (Å²) in [6, 6.07) is 5.58. The lowest BCUT2D eigenvalue weighted by atomic mass is 10.1. The van der Waals surface area contributed by atoms with Crippen LogP contribution in [0.5, 0.6) is 0 Å². The van der Waals surface area contributed by atoms with Gasteiger partial charge in [0.15, 0.2) is 0 Å². The molecular formula is C14H13FN2O3. The highest BCUT2D eigenvalue weighted by Gasteiger charge is 2.65. The van der Waals surface area contributed by atoms with Gasteiger partial charge in [0.05, 0.1) is 17.5 Å². The van der Waals surface area contributed by atoms with Crippen molar-refractivity contribution in [3.8, 4) is 6.07 Å². The maximum Gasteiger partial charge on any atom is 0.307 e. The van der Waals surface area contributed by atoms with E-state index >= 15 is 0 Å². The van der Waals surface area contributed by atoms with Crippen molar-refractivity contribution < 1.29 is 19.1 Å². The molecule has 6 heteroatoms. The number of hydrogen-bond acceptors (Lipinski definition) is 3. The summed E-state index contributed by atoms with van der Waals surface area (Å²) in [5.41, 5.74) is -0.841. The van der Waals surface area contributed by atoms with E-state index in [-0.39, 0.29) is 11.3 Å². The number of amides is 1. The van der Waals surface area contributed by atoms with Gasteiger partial charge in [-0.25, -0.2) is 4.39 Å². The third-order valence-corrected chi connectivity index (χ3v) is 3.76. The van der Waals surface area contributed by atoms with Crippen LogP contribution in [0.1, 0.15) is 19.4 Å². The Morgan fingerprint density at radius 2 is 2.05 bits per heavy atom. The van der Waals surface area contributed by atoms with Crippen molar-refractivity contribution in [2.24, 2.45) is 17.3 Å². The van der Waals surface area contributed by atoms with E-state index in [0.717, 1.165) is 6.07 Å². The Hall–Kier alpha value is -2.42. The lowest BCUT2D eigenvalue weighted by Gasteiger charge is -2.08. The summed E-state index contributed by atoms with van der Waals surface area (Å²) < 4.78 is 13.4. The van der Waals surface area contributed by atoms with Crippen LogP contribution < -0.4 is 5.32 Å². The molecule has 0 aliphatic heterocycles. The molecule has 20 heavy (non-hydrogen) atoms. The first-order valence-corrected chi connectivity index (χ1v) is 6.03. The molecule has 1 aromatic rings. The molecule has 0 radical (unpaired) electrons. The molecule has 0 aromatic heterocycles. The van der Waals surface area contributed by atoms with E-state index in [1.165, 1.54) is 12.1 Å². The van der Waals surface area contributed by atoms with Crippen LogP contribution in [0.3, 0.4) is 0 Å². The number of hydrogen-bond donors (Lipinski definition) is 2. The third kappa shape index (κ3) is 2.11. The minimum absolute atomic E-state index is 0.0596. The second-order valence-corrected chi connectivity index (χ2v) is 5.38. The Balaban J connectivity index is 2.21. The van der Waals surface area contributed by atoms with Gasteiger partial charge in [-0.3, -0.25) is 9.59 Å². The quantitative estimate of drug-likeness (QED) is 0.883. The van der Waals surface area contributed by atoms with Crippen LogP contribution in [-0.2, 0) is 9.59 Å². The fraction of sp³-hybridized carbons (Fsp3) is 0.357. The summed E-state index contributed by atoms with van der Waals surface area (Å²) in [4.78, 5) is 23.1. The molecule has 0 heterocycles. The van der Waals surface area contributed by atoms with E-state index in [4.69, 9.17) is 10.4 Å². The minimum atomic E-state index is -1.03. The van der Waals surface area contributed by atoms with Gasteiger partial charge >= 0.3 is 5.97 Å². The molecule has 2 rings (SSSR count). The maximum atomic E-state index is 13.4. The fourth-order valence-electron chi connectivity index (χ4n) is 2.54. The van der Waals surface area contributed by atoms with Crippen LogP contribution in [0.2, 0.25) is 0 Å². The lowest BCUT2D eigenvalue weighted by Crippen LogP contribution is -2.18. The average molecular weight is 276 g/mol. The molecule has 0 saturated heterocycles. The van der Waals surface area contributed by atoms with Gasteiger partial charge in [0.1, 0.15) is 17.4 Å². The Bertz CT molecular complexity index is 634. The molecule has 1 aromatic carbocycles. The highest BCUT2D eigenvalue weighted by Crippen LogP contribution is 2.58. The smallest absolute Gasteiger partial charge is 0.307 e. The number of nitriles is 1. The molecule has 1 aliphatic rings. The standard InChI is InChI=1S/C14H13FN2O3/c1-14(2)10(11(14)13(19)20)12(18)17-9-5-3-4-8(15)7(9)6-16/h3-5,10-11H,1-2H3,(H,17,18)(H,19,20). The predicted molar refractivity (Wildman–Crippen MR) is 68.1 cm³/mol. The summed E-state index contributed by atoms with van der Waals surface area (Å²) in [6.07, 6.45) is 0. The number of carbonyl (C=O) groups is 2. The number of carboxylic acids is 1. The number of nitrogens with zero attached hydrogens (tertiary/aromatic N) is 1. The second kappa shape index (κ2) is 4.60. The van der Waals surface area contributed by atoms with E-state index in [1.54, 1.807) is 19.9 Å². The number of aliphatic carboxylic acids is 1. The monoisotopic (exact) mass is 276 g/mol. The summed E-state index contributed by atoms with van der Waals surface area (Å²) in [5, 5.41) is 20.3. The molecule has 1 aliphatic carbocycles. The van der Waals surface area contributed by atoms with E-state index < -0.39 is 34.9 Å². The third-order valence-electron chi connectivity index (χ3n) is 3.76. The van der Waals surface area contributed by atoms with Crippen LogP contribution in [0, 0.1) is 34.4 Å². The largest absolute Gasteiger partial charge is 0.481 e. The summed E-state index contributed by atoms with van der Waals surface area (Å²) in [5.74, 6) is -3.72. The molecule has 5 nitrogen and oxygen atoms in total. The zero-order valence-corrected chi connectivity index (χ0v) is 11.0. The fourth-order valence-corrected chi connectivity index (χ4v) is 2.54. The Labute approximate surface area is 115 Å². The van der Waals surface area contributed by atoms with Gasteiger partial charge in [-0.15, -0.1) is 0 Å². The van der Waals surface area contributed by atoms with E-state index in [9.17, 15) is 14.0 Å². The maximum absolute atomic E-state index is 13.4. The highest BCUT2D eigenvalue weighted by atomic mass is 19.1. The van der Waals surface area contributed by atoms with Gasteiger partial charge in [-0.1, -0.05) is 19.9 Å². The normalized spacial score (nSPS) is 22.7. The number of anilines is 1. The van der Waals surface area contributed by atoms with Crippen LogP contribution in [0.25, 0.3) is 0 Å². The predicted octanol–water partition coefficient (Wildman–Crippen LogP) is 1.99. The molecule has 2 unspecified atom stereocenters. The van der Waals surface area contributed by atoms with E-state index in [0.29, 0.717) is 0 Å². The molecule has 0 bridgehead atoms. The van der Waals surface area contributed by atoms with E-state index in [2.05, 4.69) is 5.32 Å². The van der Waals surface area contributed by atoms with Gasteiger partial charge in [-0.2, -0.15) is 5.26 Å². The molecule has 2 N–H and O–H groups in total. The zero-order chi connectivity index (χ0) is 15.1. The number of rotatable bonds is 3. The molecule has 1 fully saturated rings. The summed E-state index contributed by atoms with van der Waals surface area (Å²) >= 11 is 0. The summed E-state index contributed by atoms with van der Waals surface area (Å²) in [6.45, 7) is 3.37. The number of nitrogens with one attached hydrogen (secondary N) is 1. The van der Waals surface area contributed by atoms with Crippen molar-refractivity contribution in [3.05, 3.63) is 29.6 Å². The highest BCUT2D eigenvalue weighted by molar-refractivity contribution is 6.00. The molecule has 0 spiro atoms. The zero-order valence-electron chi connectivity index (χ0n) is 11.0. The SMILES string of the molecule is CC1(C)C(C(=O)O)C1C(=O)Nc1cccc(F)c1C#N. The number of carboxylic acid groups (broad SMARTS) is 1. The average Bonchev–Trinajstić information content (AvgIpc) is 2.93. The van der Waals surface area contributed by atoms with Crippen LogP contribution in [0.15, 0.2) is 18.2 Å². The van der Waals surface area contributed by atoms with Crippen molar-refractivity contribution in [1.82, 2.24) is 0 Å². The van der Waals surface area contributed by atoms with Gasteiger partial charge in [-0.05, 0) is 17.5 Å².